The molecule has 184 valence electrons. The van der Waals surface area contributed by atoms with Crippen LogP contribution in [0.2, 0.25) is 0 Å². The molecular formula is C26H23BrF3NO3S. The predicted octanol–water partition coefficient (Wildman–Crippen LogP) is 6.92. The van der Waals surface area contributed by atoms with E-state index < -0.39 is 16.2 Å². The first-order chi connectivity index (χ1) is 16.6. The zero-order valence-corrected chi connectivity index (χ0v) is 21.3. The molecule has 0 atom stereocenters. The summed E-state index contributed by atoms with van der Waals surface area (Å²) in [6, 6.07) is 17.7. The van der Waals surface area contributed by atoms with Crippen molar-refractivity contribution in [2.75, 3.05) is 18.0 Å². The number of sulfone groups is 1. The molecule has 0 bridgehead atoms. The number of rotatable bonds is 6. The fourth-order valence-electron chi connectivity index (χ4n) is 4.27. The van der Waals surface area contributed by atoms with Gasteiger partial charge >= 0.3 is 6.36 Å². The molecule has 0 unspecified atom stereocenters. The number of hydrogen-bond acceptors (Lipinski definition) is 4. The summed E-state index contributed by atoms with van der Waals surface area (Å²) in [6.45, 7) is 3.20. The van der Waals surface area contributed by atoms with E-state index in [4.69, 9.17) is 0 Å². The van der Waals surface area contributed by atoms with Crippen LogP contribution in [0.15, 0.2) is 82.6 Å². The van der Waals surface area contributed by atoms with E-state index in [1.807, 2.05) is 6.92 Å². The van der Waals surface area contributed by atoms with Crippen molar-refractivity contribution in [2.45, 2.75) is 34.8 Å². The van der Waals surface area contributed by atoms with E-state index in [1.165, 1.54) is 12.1 Å². The van der Waals surface area contributed by atoms with E-state index in [2.05, 4.69) is 31.6 Å². The second-order valence-corrected chi connectivity index (χ2v) is 10.7. The summed E-state index contributed by atoms with van der Waals surface area (Å²) in [7, 11) is -3.63. The summed E-state index contributed by atoms with van der Waals surface area (Å²) >= 11 is 3.51. The van der Waals surface area contributed by atoms with E-state index in [1.54, 1.807) is 54.6 Å². The van der Waals surface area contributed by atoms with Gasteiger partial charge in [0, 0.05) is 24.1 Å². The Kier molecular flexibility index (Phi) is 7.28. The van der Waals surface area contributed by atoms with Gasteiger partial charge in [-0.25, -0.2) is 8.42 Å². The number of aryl methyl sites for hydroxylation is 1. The largest absolute Gasteiger partial charge is 0.573 e. The number of benzene rings is 3. The summed E-state index contributed by atoms with van der Waals surface area (Å²) in [5.74, 6) is -0.248. The van der Waals surface area contributed by atoms with Crippen molar-refractivity contribution in [3.05, 3.63) is 89.5 Å². The SMILES string of the molecule is Cc1cc(S(=O)(=O)c2ccccc2)cc(CBr)c1N1CC=C(c2ccc(OC(F)(F)F)cc2)CC1. The number of anilines is 1. The standard InChI is InChI=1S/C26H23BrF3NO3S/c1-18-15-24(35(32,33)23-5-3-2-4-6-23)16-21(17-27)25(18)31-13-11-20(12-14-31)19-7-9-22(10-8-19)34-26(28,29)30/h2-11,15-16H,12-14,17H2,1H3. The van der Waals surface area contributed by atoms with Crippen LogP contribution in [-0.2, 0) is 15.2 Å². The van der Waals surface area contributed by atoms with Crippen LogP contribution in [0.1, 0.15) is 23.1 Å². The zero-order valence-electron chi connectivity index (χ0n) is 18.8. The molecule has 35 heavy (non-hydrogen) atoms. The highest BCUT2D eigenvalue weighted by Crippen LogP contribution is 2.35. The lowest BCUT2D eigenvalue weighted by Crippen LogP contribution is -2.30. The average molecular weight is 566 g/mol. The molecule has 4 nitrogen and oxygen atoms in total. The molecule has 3 aromatic carbocycles. The number of hydrogen-bond donors (Lipinski definition) is 0. The number of ether oxygens (including phenoxy) is 1. The minimum absolute atomic E-state index is 0.248. The molecule has 1 aliphatic rings. The first kappa shape index (κ1) is 25.3. The van der Waals surface area contributed by atoms with Crippen LogP contribution in [0.4, 0.5) is 18.9 Å². The Balaban J connectivity index is 1.57. The Labute approximate surface area is 211 Å². The third-order valence-corrected chi connectivity index (χ3v) is 8.20. The maximum atomic E-state index is 13.1. The second kappa shape index (κ2) is 10.1. The van der Waals surface area contributed by atoms with E-state index in [0.29, 0.717) is 24.8 Å². The van der Waals surface area contributed by atoms with Gasteiger partial charge in [0.2, 0.25) is 9.84 Å². The van der Waals surface area contributed by atoms with Crippen molar-refractivity contribution in [3.63, 3.8) is 0 Å². The summed E-state index contributed by atoms with van der Waals surface area (Å²) in [5.41, 5.74) is 4.62. The maximum Gasteiger partial charge on any atom is 0.573 e. The zero-order chi connectivity index (χ0) is 25.2. The van der Waals surface area contributed by atoms with Crippen LogP contribution >= 0.6 is 15.9 Å². The molecule has 1 aliphatic heterocycles. The topological polar surface area (TPSA) is 46.6 Å². The Bertz CT molecular complexity index is 1340. The molecule has 0 fully saturated rings. The predicted molar refractivity (Wildman–Crippen MR) is 134 cm³/mol. The molecule has 0 N–H and O–H groups in total. The lowest BCUT2D eigenvalue weighted by molar-refractivity contribution is -0.274. The first-order valence-electron chi connectivity index (χ1n) is 10.9. The molecule has 0 aliphatic carbocycles. The molecule has 0 spiro atoms. The van der Waals surface area contributed by atoms with Crippen molar-refractivity contribution < 1.29 is 26.3 Å². The smallest absolute Gasteiger partial charge is 0.406 e. The lowest BCUT2D eigenvalue weighted by atomic mass is 9.98. The number of alkyl halides is 4. The van der Waals surface area contributed by atoms with Crippen LogP contribution in [0.25, 0.3) is 5.57 Å². The highest BCUT2D eigenvalue weighted by atomic mass is 79.9. The van der Waals surface area contributed by atoms with Gasteiger partial charge < -0.3 is 9.64 Å². The number of halogens is 4. The molecule has 0 radical (unpaired) electrons. The van der Waals surface area contributed by atoms with Crippen LogP contribution in [0, 0.1) is 6.92 Å². The van der Waals surface area contributed by atoms with Gasteiger partial charge in [-0.05, 0) is 72.0 Å². The molecular weight excluding hydrogens is 543 g/mol. The van der Waals surface area contributed by atoms with Crippen LogP contribution in [0.3, 0.4) is 0 Å². The van der Waals surface area contributed by atoms with Gasteiger partial charge in [-0.2, -0.15) is 0 Å². The average Bonchev–Trinajstić information content (AvgIpc) is 2.84. The molecule has 0 aromatic heterocycles. The van der Waals surface area contributed by atoms with Crippen LogP contribution in [0.5, 0.6) is 5.75 Å². The minimum atomic E-state index is -4.72. The second-order valence-electron chi connectivity index (χ2n) is 8.20. The van der Waals surface area contributed by atoms with Crippen molar-refractivity contribution in [3.8, 4) is 5.75 Å². The normalized spacial score (nSPS) is 14.5. The Morgan fingerprint density at radius 2 is 1.69 bits per heavy atom. The van der Waals surface area contributed by atoms with Crippen molar-refractivity contribution in [2.24, 2.45) is 0 Å². The van der Waals surface area contributed by atoms with Gasteiger partial charge in [-0.3, -0.25) is 0 Å². The number of nitrogens with zero attached hydrogens (tertiary/aromatic N) is 1. The quantitative estimate of drug-likeness (QED) is 0.304. The fourth-order valence-corrected chi connectivity index (χ4v) is 6.11. The summed E-state index contributed by atoms with van der Waals surface area (Å²) < 4.78 is 67.4. The van der Waals surface area contributed by atoms with Gasteiger partial charge in [0.15, 0.2) is 0 Å². The summed E-state index contributed by atoms with van der Waals surface area (Å²) in [5, 5.41) is 0.495. The van der Waals surface area contributed by atoms with Crippen molar-refractivity contribution >= 4 is 37.0 Å². The Morgan fingerprint density at radius 1 is 1.00 bits per heavy atom. The third kappa shape index (κ3) is 5.73. The Morgan fingerprint density at radius 3 is 2.26 bits per heavy atom. The van der Waals surface area contributed by atoms with E-state index in [-0.39, 0.29) is 15.5 Å². The third-order valence-electron chi connectivity index (χ3n) is 5.84. The first-order valence-corrected chi connectivity index (χ1v) is 13.5. The summed E-state index contributed by atoms with van der Waals surface area (Å²) in [4.78, 5) is 2.70. The van der Waals surface area contributed by atoms with Crippen LogP contribution in [-0.4, -0.2) is 27.9 Å². The van der Waals surface area contributed by atoms with Gasteiger partial charge in [-0.1, -0.05) is 52.3 Å². The lowest BCUT2D eigenvalue weighted by Gasteiger charge is -2.32. The van der Waals surface area contributed by atoms with Crippen molar-refractivity contribution in [1.82, 2.24) is 0 Å². The summed E-state index contributed by atoms with van der Waals surface area (Å²) in [6.07, 6.45) is -1.97. The molecule has 1 heterocycles. The maximum absolute atomic E-state index is 13.1. The van der Waals surface area contributed by atoms with Crippen LogP contribution < -0.4 is 9.64 Å². The van der Waals surface area contributed by atoms with E-state index >= 15 is 0 Å². The molecule has 9 heteroatoms. The fraction of sp³-hybridized carbons (Fsp3) is 0.231. The van der Waals surface area contributed by atoms with Gasteiger partial charge in [-0.15, -0.1) is 13.2 Å². The highest BCUT2D eigenvalue weighted by Gasteiger charge is 2.31. The van der Waals surface area contributed by atoms with Gasteiger partial charge in [0.05, 0.1) is 9.79 Å². The Hall–Kier alpha value is -2.78. The van der Waals surface area contributed by atoms with E-state index in [0.717, 1.165) is 28.0 Å². The van der Waals surface area contributed by atoms with Gasteiger partial charge in [0.25, 0.3) is 0 Å². The molecule has 3 aromatic rings. The highest BCUT2D eigenvalue weighted by molar-refractivity contribution is 9.08. The molecule has 0 amide bonds. The monoisotopic (exact) mass is 565 g/mol. The molecule has 0 saturated heterocycles. The minimum Gasteiger partial charge on any atom is -0.406 e. The van der Waals surface area contributed by atoms with E-state index in [9.17, 15) is 21.6 Å². The van der Waals surface area contributed by atoms with Gasteiger partial charge in [0.1, 0.15) is 5.75 Å². The van der Waals surface area contributed by atoms with Crippen molar-refractivity contribution in [1.29, 1.82) is 0 Å². The molecule has 4 rings (SSSR count). The molecule has 0 saturated carbocycles.